The van der Waals surface area contributed by atoms with E-state index < -0.39 is 10.2 Å². The number of benzene rings is 1. The van der Waals surface area contributed by atoms with E-state index >= 15 is 0 Å². The summed E-state index contributed by atoms with van der Waals surface area (Å²) in [5.41, 5.74) is 4.96. The standard InChI is InChI=1S/C23H26N4O4S/c1-24-23-8-7-21(27-23)22(29)10-16-9-17(14-28)20(18-12-25-32(30,31)26-13-18)11-19(16)15-5-3-2-4-6-15/h5,8-9,11,18,25-26,28H,2-4,6-7,10,12-14H2. The molecule has 1 aliphatic carbocycles. The average Bonchev–Trinajstić information content (AvgIpc) is 3.29. The zero-order valence-electron chi connectivity index (χ0n) is 17.7. The molecule has 0 amide bonds. The summed E-state index contributed by atoms with van der Waals surface area (Å²) in [7, 11) is -3.47. The number of ketones is 1. The number of nitrogens with one attached hydrogen (secondary N) is 2. The summed E-state index contributed by atoms with van der Waals surface area (Å²) in [4.78, 5) is 20.4. The van der Waals surface area contributed by atoms with E-state index in [9.17, 15) is 18.3 Å². The van der Waals surface area contributed by atoms with Gasteiger partial charge in [-0.3, -0.25) is 4.79 Å². The number of rotatable bonds is 6. The number of aliphatic hydroxyl groups is 1. The van der Waals surface area contributed by atoms with Gasteiger partial charge in [0.15, 0.2) is 5.71 Å². The number of nitrogens with zero attached hydrogens (tertiary/aromatic N) is 2. The van der Waals surface area contributed by atoms with Crippen LogP contribution in [0.25, 0.3) is 10.4 Å². The van der Waals surface area contributed by atoms with E-state index in [1.807, 2.05) is 12.1 Å². The van der Waals surface area contributed by atoms with E-state index in [1.54, 1.807) is 6.08 Å². The number of allylic oxidation sites excluding steroid dienone is 3. The van der Waals surface area contributed by atoms with Gasteiger partial charge in [-0.1, -0.05) is 30.9 Å². The number of hydrogen-bond acceptors (Lipinski definition) is 5. The van der Waals surface area contributed by atoms with Gasteiger partial charge in [0.2, 0.25) is 5.78 Å². The van der Waals surface area contributed by atoms with E-state index in [-0.39, 0.29) is 43.6 Å². The summed E-state index contributed by atoms with van der Waals surface area (Å²) >= 11 is 0. The Morgan fingerprint density at radius 3 is 2.59 bits per heavy atom. The molecule has 1 aromatic rings. The Labute approximate surface area is 188 Å². The van der Waals surface area contributed by atoms with Crippen molar-refractivity contribution >= 4 is 27.3 Å². The maximum atomic E-state index is 12.9. The van der Waals surface area contributed by atoms with Crippen molar-refractivity contribution in [3.05, 3.63) is 63.8 Å². The predicted octanol–water partition coefficient (Wildman–Crippen LogP) is 2.37. The average molecular weight is 455 g/mol. The lowest BCUT2D eigenvalue weighted by atomic mass is 9.83. The van der Waals surface area contributed by atoms with Crippen LogP contribution in [0.15, 0.2) is 35.1 Å². The van der Waals surface area contributed by atoms with Gasteiger partial charge in [0.25, 0.3) is 16.0 Å². The van der Waals surface area contributed by atoms with Gasteiger partial charge < -0.3 is 9.95 Å². The quantitative estimate of drug-likeness (QED) is 0.573. The number of aliphatic hydroxyl groups excluding tert-OH is 1. The highest BCUT2D eigenvalue weighted by atomic mass is 32.2. The number of carbonyl (C=O) groups is 1. The Bertz CT molecular complexity index is 1160. The molecule has 8 nitrogen and oxygen atoms in total. The normalized spacial score (nSPS) is 20.8. The van der Waals surface area contributed by atoms with E-state index in [2.05, 4.69) is 25.4 Å². The number of carbonyl (C=O) groups excluding carboxylic acids is 1. The Morgan fingerprint density at radius 2 is 1.97 bits per heavy atom. The number of Topliss-reactive ketones (excluding diaryl/α,β-unsaturated/α-hetero) is 1. The minimum Gasteiger partial charge on any atom is -0.392 e. The van der Waals surface area contributed by atoms with Gasteiger partial charge in [0.05, 0.1) is 6.61 Å². The Kier molecular flexibility index (Phi) is 6.67. The maximum absolute atomic E-state index is 12.9. The van der Waals surface area contributed by atoms with Crippen LogP contribution in [0.4, 0.5) is 0 Å². The molecule has 2 heterocycles. The molecule has 32 heavy (non-hydrogen) atoms. The molecule has 1 fully saturated rings. The molecule has 3 aliphatic rings. The van der Waals surface area contributed by atoms with Gasteiger partial charge in [0.1, 0.15) is 0 Å². The first-order valence-corrected chi connectivity index (χ1v) is 12.3. The van der Waals surface area contributed by atoms with Crippen LogP contribution in [0.3, 0.4) is 0 Å². The van der Waals surface area contributed by atoms with Crippen LogP contribution < -0.4 is 9.44 Å². The topological polar surface area (TPSA) is 112 Å². The summed E-state index contributed by atoms with van der Waals surface area (Å²) in [6, 6.07) is 3.90. The molecule has 9 heteroatoms. The third-order valence-electron chi connectivity index (χ3n) is 6.17. The van der Waals surface area contributed by atoms with Crippen LogP contribution in [0.2, 0.25) is 0 Å². The van der Waals surface area contributed by atoms with Crippen molar-refractivity contribution in [2.75, 3.05) is 13.1 Å². The van der Waals surface area contributed by atoms with Gasteiger partial charge in [-0.25, -0.2) is 9.44 Å². The lowest BCUT2D eigenvalue weighted by molar-refractivity contribution is -0.112. The van der Waals surface area contributed by atoms with Gasteiger partial charge in [-0.05, 0) is 53.5 Å². The second-order valence-corrected chi connectivity index (χ2v) is 9.86. The third-order valence-corrected chi connectivity index (χ3v) is 7.26. The highest BCUT2D eigenvalue weighted by Crippen LogP contribution is 2.34. The third kappa shape index (κ3) is 4.89. The van der Waals surface area contributed by atoms with Crippen molar-refractivity contribution in [1.82, 2.24) is 9.44 Å². The molecule has 2 aliphatic heterocycles. The maximum Gasteiger partial charge on any atom is 0.276 e. The number of aliphatic imine (C=N–C) groups is 1. The molecule has 168 valence electrons. The van der Waals surface area contributed by atoms with Crippen molar-refractivity contribution in [3.63, 3.8) is 0 Å². The molecule has 4 rings (SSSR count). The molecule has 0 bridgehead atoms. The van der Waals surface area contributed by atoms with Gasteiger partial charge in [-0.15, -0.1) is 4.99 Å². The van der Waals surface area contributed by atoms with Crippen LogP contribution in [0.5, 0.6) is 0 Å². The molecule has 0 aromatic heterocycles. The fourth-order valence-corrected chi connectivity index (χ4v) is 5.40. The molecule has 1 saturated heterocycles. The second kappa shape index (κ2) is 9.46. The van der Waals surface area contributed by atoms with Crippen LogP contribution in [0.1, 0.15) is 60.3 Å². The van der Waals surface area contributed by atoms with E-state index in [0.29, 0.717) is 17.7 Å². The molecule has 0 radical (unpaired) electrons. The summed E-state index contributed by atoms with van der Waals surface area (Å²) in [5.74, 6) is 0.00139. The van der Waals surface area contributed by atoms with Gasteiger partial charge >= 0.3 is 0 Å². The zero-order chi connectivity index (χ0) is 22.7. The van der Waals surface area contributed by atoms with Crippen molar-refractivity contribution in [2.24, 2.45) is 4.99 Å². The van der Waals surface area contributed by atoms with Crippen LogP contribution in [0, 0.1) is 6.57 Å². The van der Waals surface area contributed by atoms with E-state index in [4.69, 9.17) is 6.57 Å². The molecule has 0 saturated carbocycles. The largest absolute Gasteiger partial charge is 0.392 e. The van der Waals surface area contributed by atoms with Crippen LogP contribution >= 0.6 is 0 Å². The predicted molar refractivity (Wildman–Crippen MR) is 122 cm³/mol. The Hall–Kier alpha value is -2.64. The lowest BCUT2D eigenvalue weighted by Crippen LogP contribution is -2.47. The molecule has 0 atom stereocenters. The molecule has 1 aromatic carbocycles. The SMILES string of the molecule is [C-]#[N+]C1=CCC(C(=O)Cc2cc(CO)c(C3CNS(=O)(=O)NC3)cc2C2=CCCCC2)=N1. The Morgan fingerprint density at radius 1 is 1.19 bits per heavy atom. The fourth-order valence-electron chi connectivity index (χ4n) is 4.46. The monoisotopic (exact) mass is 454 g/mol. The van der Waals surface area contributed by atoms with Gasteiger partial charge in [-0.2, -0.15) is 8.42 Å². The first-order chi connectivity index (χ1) is 15.4. The molecule has 0 unspecified atom stereocenters. The van der Waals surface area contributed by atoms with Crippen molar-refractivity contribution < 1.29 is 18.3 Å². The van der Waals surface area contributed by atoms with Crippen LogP contribution in [-0.4, -0.2) is 38.1 Å². The first-order valence-electron chi connectivity index (χ1n) is 10.8. The lowest BCUT2D eigenvalue weighted by Gasteiger charge is -2.27. The van der Waals surface area contributed by atoms with Crippen molar-refractivity contribution in [1.29, 1.82) is 0 Å². The molecule has 0 spiro atoms. The molecular weight excluding hydrogens is 428 g/mol. The first kappa shape index (κ1) is 22.6. The Balaban J connectivity index is 1.70. The summed E-state index contributed by atoms with van der Waals surface area (Å²) in [6.07, 6.45) is 8.49. The van der Waals surface area contributed by atoms with Crippen LogP contribution in [-0.2, 0) is 28.0 Å². The number of hydrogen-bond donors (Lipinski definition) is 3. The van der Waals surface area contributed by atoms with Crippen molar-refractivity contribution in [3.8, 4) is 0 Å². The minimum absolute atomic E-state index is 0.124. The van der Waals surface area contributed by atoms with E-state index in [0.717, 1.165) is 42.4 Å². The smallest absolute Gasteiger partial charge is 0.276 e. The van der Waals surface area contributed by atoms with Gasteiger partial charge in [0, 0.05) is 31.8 Å². The van der Waals surface area contributed by atoms with Crippen molar-refractivity contribution in [2.45, 2.75) is 51.0 Å². The minimum atomic E-state index is -3.47. The highest BCUT2D eigenvalue weighted by Gasteiger charge is 2.28. The summed E-state index contributed by atoms with van der Waals surface area (Å²) < 4.78 is 28.4. The van der Waals surface area contributed by atoms with E-state index in [1.165, 1.54) is 5.57 Å². The second-order valence-electron chi connectivity index (χ2n) is 8.28. The highest BCUT2D eigenvalue weighted by molar-refractivity contribution is 7.87. The zero-order valence-corrected chi connectivity index (χ0v) is 18.5. The summed E-state index contributed by atoms with van der Waals surface area (Å²) in [5, 5.41) is 10.1. The molecular formula is C23H26N4O4S. The molecule has 3 N–H and O–H groups in total. The fraction of sp³-hybridized carbons (Fsp3) is 0.435. The summed E-state index contributed by atoms with van der Waals surface area (Å²) in [6.45, 7) is 7.37.